The van der Waals surface area contributed by atoms with Gasteiger partial charge in [-0.05, 0) is 29.8 Å². The van der Waals surface area contributed by atoms with E-state index in [1.54, 1.807) is 16.4 Å². The van der Waals surface area contributed by atoms with Crippen molar-refractivity contribution in [3.8, 4) is 0 Å². The maximum Gasteiger partial charge on any atom is 0.212 e. The van der Waals surface area contributed by atoms with Gasteiger partial charge < -0.3 is 4.90 Å². The molecule has 0 atom stereocenters. The van der Waals surface area contributed by atoms with Crippen LogP contribution in [0.2, 0.25) is 5.02 Å². The Kier molecular flexibility index (Phi) is 4.23. The second-order valence-corrected chi connectivity index (χ2v) is 6.70. The number of thioether (sulfide) groups is 1. The first kappa shape index (κ1) is 15.2. The van der Waals surface area contributed by atoms with Crippen LogP contribution in [-0.4, -0.2) is 21.2 Å². The molecular weight excluding hydrogens is 342 g/mol. The van der Waals surface area contributed by atoms with Crippen molar-refractivity contribution in [3.63, 3.8) is 0 Å². The van der Waals surface area contributed by atoms with Gasteiger partial charge in [-0.3, -0.25) is 0 Å². The molecule has 0 radical (unpaired) electrons. The number of benzene rings is 2. The summed E-state index contributed by atoms with van der Waals surface area (Å²) in [5, 5.41) is 14.6. The molecule has 0 N–H and O–H groups in total. The number of anilines is 1. The van der Waals surface area contributed by atoms with Crippen LogP contribution in [0, 0.1) is 0 Å². The van der Waals surface area contributed by atoms with Crippen molar-refractivity contribution in [1.29, 1.82) is 0 Å². The average Bonchev–Trinajstić information content (AvgIpc) is 3.04. The first-order valence-corrected chi connectivity index (χ1v) is 8.84. The van der Waals surface area contributed by atoms with E-state index < -0.39 is 0 Å². The van der Waals surface area contributed by atoms with E-state index in [2.05, 4.69) is 20.2 Å². The molecule has 0 unspecified atom stereocenters. The van der Waals surface area contributed by atoms with Crippen LogP contribution in [0.3, 0.4) is 0 Å². The standard InChI is InChI=1S/C17H14ClN5S/c18-14-8-6-13(7-9-14)11-24-17-21-20-16-10-22(12-19-23(16)17)15-4-2-1-3-5-15/h1-9,12H,10-11H2. The third-order valence-electron chi connectivity index (χ3n) is 3.66. The molecule has 0 amide bonds. The van der Waals surface area contributed by atoms with Gasteiger partial charge >= 0.3 is 0 Å². The molecule has 24 heavy (non-hydrogen) atoms. The fourth-order valence-electron chi connectivity index (χ4n) is 2.41. The Bertz CT molecular complexity index is 860. The van der Waals surface area contributed by atoms with Gasteiger partial charge in [0, 0.05) is 16.5 Å². The minimum Gasteiger partial charge on any atom is -0.323 e. The summed E-state index contributed by atoms with van der Waals surface area (Å²) in [6.07, 6.45) is 1.82. The number of para-hydroxylation sites is 1. The van der Waals surface area contributed by atoms with E-state index in [1.165, 1.54) is 5.56 Å². The smallest absolute Gasteiger partial charge is 0.212 e. The van der Waals surface area contributed by atoms with E-state index in [-0.39, 0.29) is 0 Å². The molecule has 3 aromatic rings. The zero-order valence-corrected chi connectivity index (χ0v) is 14.3. The van der Waals surface area contributed by atoms with Gasteiger partial charge in [-0.25, -0.2) is 0 Å². The summed E-state index contributed by atoms with van der Waals surface area (Å²) in [5.74, 6) is 1.63. The van der Waals surface area contributed by atoms with Crippen molar-refractivity contribution >= 4 is 35.4 Å². The summed E-state index contributed by atoms with van der Waals surface area (Å²) < 4.78 is 1.81. The van der Waals surface area contributed by atoms with E-state index >= 15 is 0 Å². The van der Waals surface area contributed by atoms with Crippen LogP contribution in [0.15, 0.2) is 64.9 Å². The Hall–Kier alpha value is -2.31. The Morgan fingerprint density at radius 1 is 1.00 bits per heavy atom. The molecule has 0 fully saturated rings. The minimum atomic E-state index is 0.655. The number of halogens is 1. The van der Waals surface area contributed by atoms with Gasteiger partial charge in [-0.1, -0.05) is 53.7 Å². The van der Waals surface area contributed by atoms with Crippen molar-refractivity contribution in [2.75, 3.05) is 4.90 Å². The molecule has 5 nitrogen and oxygen atoms in total. The largest absolute Gasteiger partial charge is 0.323 e. The predicted molar refractivity (Wildman–Crippen MR) is 97.5 cm³/mol. The summed E-state index contributed by atoms with van der Waals surface area (Å²) in [4.78, 5) is 2.05. The lowest BCUT2D eigenvalue weighted by Crippen LogP contribution is -2.27. The van der Waals surface area contributed by atoms with Crippen LogP contribution in [0.1, 0.15) is 11.4 Å². The second-order valence-electron chi connectivity index (χ2n) is 5.32. The highest BCUT2D eigenvalue weighted by Gasteiger charge is 2.19. The van der Waals surface area contributed by atoms with E-state index in [0.29, 0.717) is 6.54 Å². The van der Waals surface area contributed by atoms with Gasteiger partial charge in [-0.15, -0.1) is 10.2 Å². The number of nitrogens with zero attached hydrogens (tertiary/aromatic N) is 5. The lowest BCUT2D eigenvalue weighted by atomic mass is 10.2. The molecule has 0 aliphatic carbocycles. The second kappa shape index (κ2) is 6.67. The fraction of sp³-hybridized carbons (Fsp3) is 0.118. The molecule has 4 rings (SSSR count). The highest BCUT2D eigenvalue weighted by molar-refractivity contribution is 7.98. The SMILES string of the molecule is Clc1ccc(CSc2nnc3n2N=CN(c2ccccc2)C3)cc1. The number of fused-ring (bicyclic) bond motifs is 1. The van der Waals surface area contributed by atoms with Crippen molar-refractivity contribution in [1.82, 2.24) is 14.9 Å². The number of aromatic nitrogens is 3. The van der Waals surface area contributed by atoms with Crippen LogP contribution < -0.4 is 4.90 Å². The highest BCUT2D eigenvalue weighted by atomic mass is 35.5. The first-order valence-electron chi connectivity index (χ1n) is 7.47. The fourth-order valence-corrected chi connectivity index (χ4v) is 3.40. The predicted octanol–water partition coefficient (Wildman–Crippen LogP) is 4.04. The summed E-state index contributed by atoms with van der Waals surface area (Å²) in [7, 11) is 0. The molecule has 0 saturated carbocycles. The summed E-state index contributed by atoms with van der Waals surface area (Å²) in [6.45, 7) is 0.655. The van der Waals surface area contributed by atoms with Gasteiger partial charge in [0.1, 0.15) is 6.34 Å². The monoisotopic (exact) mass is 355 g/mol. The topological polar surface area (TPSA) is 46.3 Å². The zero-order chi connectivity index (χ0) is 16.4. The molecule has 0 bridgehead atoms. The lowest BCUT2D eigenvalue weighted by molar-refractivity contribution is 0.687. The molecule has 1 aliphatic rings. The van der Waals surface area contributed by atoms with Gasteiger partial charge in [-0.2, -0.15) is 9.78 Å². The quantitative estimate of drug-likeness (QED) is 0.663. The Balaban J connectivity index is 1.48. The lowest BCUT2D eigenvalue weighted by Gasteiger charge is -2.22. The van der Waals surface area contributed by atoms with E-state index in [4.69, 9.17) is 11.6 Å². The summed E-state index contributed by atoms with van der Waals surface area (Å²) in [5.41, 5.74) is 2.28. The Morgan fingerprint density at radius 2 is 1.79 bits per heavy atom. The highest BCUT2D eigenvalue weighted by Crippen LogP contribution is 2.25. The molecule has 0 spiro atoms. The third-order valence-corrected chi connectivity index (χ3v) is 4.91. The van der Waals surface area contributed by atoms with Crippen molar-refractivity contribution in [2.24, 2.45) is 5.10 Å². The summed E-state index contributed by atoms with van der Waals surface area (Å²) in [6, 6.07) is 17.9. The van der Waals surface area contributed by atoms with Gasteiger partial charge in [0.25, 0.3) is 0 Å². The first-order chi connectivity index (χ1) is 11.8. The van der Waals surface area contributed by atoms with Gasteiger partial charge in [0.05, 0.1) is 6.54 Å². The average molecular weight is 356 g/mol. The van der Waals surface area contributed by atoms with Crippen LogP contribution >= 0.6 is 23.4 Å². The number of rotatable bonds is 4. The number of hydrogen-bond acceptors (Lipinski definition) is 5. The van der Waals surface area contributed by atoms with Crippen molar-refractivity contribution in [2.45, 2.75) is 17.5 Å². The maximum atomic E-state index is 5.91. The van der Waals surface area contributed by atoms with Crippen molar-refractivity contribution < 1.29 is 0 Å². The molecular formula is C17H14ClN5S. The molecule has 2 aromatic carbocycles. The zero-order valence-electron chi connectivity index (χ0n) is 12.7. The van der Waals surface area contributed by atoms with Gasteiger partial charge in [0.2, 0.25) is 5.16 Å². The van der Waals surface area contributed by atoms with Crippen LogP contribution in [0.5, 0.6) is 0 Å². The maximum absolute atomic E-state index is 5.91. The Morgan fingerprint density at radius 3 is 2.58 bits per heavy atom. The third kappa shape index (κ3) is 3.16. The van der Waals surface area contributed by atoms with Crippen LogP contribution in [0.25, 0.3) is 0 Å². The minimum absolute atomic E-state index is 0.655. The number of hydrogen-bond donors (Lipinski definition) is 0. The summed E-state index contributed by atoms with van der Waals surface area (Å²) >= 11 is 7.53. The van der Waals surface area contributed by atoms with Crippen LogP contribution in [0.4, 0.5) is 5.69 Å². The molecule has 7 heteroatoms. The van der Waals surface area contributed by atoms with E-state index in [0.717, 1.165) is 27.4 Å². The molecule has 0 saturated heterocycles. The van der Waals surface area contributed by atoms with E-state index in [1.807, 2.05) is 60.9 Å². The molecule has 120 valence electrons. The van der Waals surface area contributed by atoms with Crippen LogP contribution in [-0.2, 0) is 12.3 Å². The van der Waals surface area contributed by atoms with Gasteiger partial charge in [0.15, 0.2) is 5.82 Å². The molecule has 1 aliphatic heterocycles. The van der Waals surface area contributed by atoms with Crippen molar-refractivity contribution in [3.05, 3.63) is 71.0 Å². The Labute approximate surface area is 149 Å². The van der Waals surface area contributed by atoms with E-state index in [9.17, 15) is 0 Å². The molecule has 2 heterocycles. The normalized spacial score (nSPS) is 13.1. The molecule has 1 aromatic heterocycles.